The van der Waals surface area contributed by atoms with Crippen LogP contribution in [0.2, 0.25) is 0 Å². The zero-order valence-electron chi connectivity index (χ0n) is 12.1. The van der Waals surface area contributed by atoms with E-state index in [2.05, 4.69) is 19.2 Å². The Bertz CT molecular complexity index is 446. The maximum Gasteiger partial charge on any atom is 0.286 e. The number of furan rings is 1. The predicted octanol–water partition coefficient (Wildman–Crippen LogP) is 1.90. The molecule has 1 saturated heterocycles. The van der Waals surface area contributed by atoms with Crippen LogP contribution in [0.15, 0.2) is 22.8 Å². The molecule has 0 aromatic carbocycles. The van der Waals surface area contributed by atoms with Crippen LogP contribution in [-0.2, 0) is 4.79 Å². The van der Waals surface area contributed by atoms with E-state index in [9.17, 15) is 9.59 Å². The van der Waals surface area contributed by atoms with E-state index in [1.807, 2.05) is 4.90 Å². The number of hydrogen-bond acceptors (Lipinski definition) is 3. The molecule has 1 aromatic rings. The molecular weight excluding hydrogens is 256 g/mol. The van der Waals surface area contributed by atoms with Gasteiger partial charge in [-0.1, -0.05) is 13.8 Å². The molecule has 0 aliphatic carbocycles. The lowest BCUT2D eigenvalue weighted by molar-refractivity contribution is -0.133. The van der Waals surface area contributed by atoms with Gasteiger partial charge in [0.1, 0.15) is 0 Å². The summed E-state index contributed by atoms with van der Waals surface area (Å²) in [4.78, 5) is 25.7. The molecule has 0 bridgehead atoms. The van der Waals surface area contributed by atoms with Crippen LogP contribution in [0, 0.1) is 11.8 Å². The third kappa shape index (κ3) is 3.85. The second-order valence-corrected chi connectivity index (χ2v) is 5.73. The fourth-order valence-electron chi connectivity index (χ4n) is 2.80. The SMILES string of the molecule is CC1CC(C)CN(C(=O)CCNC(=O)c2ccco2)C1. The molecule has 2 unspecified atom stereocenters. The van der Waals surface area contributed by atoms with Gasteiger partial charge in [-0.25, -0.2) is 0 Å². The summed E-state index contributed by atoms with van der Waals surface area (Å²) in [6.45, 7) is 6.35. The normalized spacial score (nSPS) is 22.6. The summed E-state index contributed by atoms with van der Waals surface area (Å²) < 4.78 is 4.99. The Labute approximate surface area is 119 Å². The van der Waals surface area contributed by atoms with E-state index < -0.39 is 0 Å². The Balaban J connectivity index is 1.73. The molecule has 1 N–H and O–H groups in total. The summed E-state index contributed by atoms with van der Waals surface area (Å²) in [5.41, 5.74) is 0. The quantitative estimate of drug-likeness (QED) is 0.915. The monoisotopic (exact) mass is 278 g/mol. The minimum absolute atomic E-state index is 0.114. The highest BCUT2D eigenvalue weighted by Gasteiger charge is 2.25. The fourth-order valence-corrected chi connectivity index (χ4v) is 2.80. The number of carbonyl (C=O) groups excluding carboxylic acids is 2. The molecule has 1 aliphatic heterocycles. The molecule has 0 spiro atoms. The number of amides is 2. The maximum atomic E-state index is 12.1. The molecule has 5 heteroatoms. The first-order valence-electron chi connectivity index (χ1n) is 7.15. The zero-order valence-corrected chi connectivity index (χ0v) is 12.1. The number of nitrogens with zero attached hydrogens (tertiary/aromatic N) is 1. The minimum atomic E-state index is -0.275. The van der Waals surface area contributed by atoms with Crippen molar-refractivity contribution in [1.29, 1.82) is 0 Å². The molecule has 5 nitrogen and oxygen atoms in total. The third-order valence-corrected chi connectivity index (χ3v) is 3.59. The van der Waals surface area contributed by atoms with Crippen molar-refractivity contribution in [2.45, 2.75) is 26.7 Å². The van der Waals surface area contributed by atoms with E-state index in [0.717, 1.165) is 13.1 Å². The van der Waals surface area contributed by atoms with Gasteiger partial charge in [0.2, 0.25) is 5.91 Å². The van der Waals surface area contributed by atoms with Gasteiger partial charge >= 0.3 is 0 Å². The number of carbonyl (C=O) groups is 2. The Morgan fingerprint density at radius 3 is 2.65 bits per heavy atom. The van der Waals surface area contributed by atoms with Crippen molar-refractivity contribution in [1.82, 2.24) is 10.2 Å². The average molecular weight is 278 g/mol. The Morgan fingerprint density at radius 2 is 2.05 bits per heavy atom. The van der Waals surface area contributed by atoms with E-state index in [1.54, 1.807) is 12.1 Å². The highest BCUT2D eigenvalue weighted by molar-refractivity contribution is 5.91. The van der Waals surface area contributed by atoms with Crippen LogP contribution in [0.4, 0.5) is 0 Å². The highest BCUT2D eigenvalue weighted by atomic mass is 16.3. The average Bonchev–Trinajstić information content (AvgIpc) is 2.91. The van der Waals surface area contributed by atoms with Crippen LogP contribution in [0.5, 0.6) is 0 Å². The van der Waals surface area contributed by atoms with Crippen molar-refractivity contribution in [2.24, 2.45) is 11.8 Å². The van der Waals surface area contributed by atoms with Gasteiger partial charge in [-0.05, 0) is 30.4 Å². The number of rotatable bonds is 4. The van der Waals surface area contributed by atoms with Crippen molar-refractivity contribution in [3.8, 4) is 0 Å². The second-order valence-electron chi connectivity index (χ2n) is 5.73. The number of piperidine rings is 1. The van der Waals surface area contributed by atoms with Crippen molar-refractivity contribution >= 4 is 11.8 Å². The fraction of sp³-hybridized carbons (Fsp3) is 0.600. The lowest BCUT2D eigenvalue weighted by Crippen LogP contribution is -2.43. The predicted molar refractivity (Wildman–Crippen MR) is 75.2 cm³/mol. The van der Waals surface area contributed by atoms with Gasteiger partial charge in [0.15, 0.2) is 5.76 Å². The molecule has 2 rings (SSSR count). The van der Waals surface area contributed by atoms with Gasteiger partial charge < -0.3 is 14.6 Å². The molecule has 0 saturated carbocycles. The summed E-state index contributed by atoms with van der Waals surface area (Å²) in [5, 5.41) is 2.70. The first kappa shape index (κ1) is 14.6. The maximum absolute atomic E-state index is 12.1. The molecule has 2 amide bonds. The standard InChI is InChI=1S/C15H22N2O3/c1-11-8-12(2)10-17(9-11)14(18)5-6-16-15(19)13-4-3-7-20-13/h3-4,7,11-12H,5-6,8-10H2,1-2H3,(H,16,19). The molecule has 1 aromatic heterocycles. The second kappa shape index (κ2) is 6.59. The molecule has 0 radical (unpaired) electrons. The Morgan fingerprint density at radius 1 is 1.35 bits per heavy atom. The summed E-state index contributed by atoms with van der Waals surface area (Å²) in [5.74, 6) is 1.23. The first-order valence-corrected chi connectivity index (χ1v) is 7.15. The minimum Gasteiger partial charge on any atom is -0.459 e. The number of likely N-dealkylation sites (tertiary alicyclic amines) is 1. The first-order chi connectivity index (χ1) is 9.56. The van der Waals surface area contributed by atoms with Crippen molar-refractivity contribution in [2.75, 3.05) is 19.6 Å². The highest BCUT2D eigenvalue weighted by Crippen LogP contribution is 2.21. The zero-order chi connectivity index (χ0) is 14.5. The lowest BCUT2D eigenvalue weighted by Gasteiger charge is -2.35. The van der Waals surface area contributed by atoms with Gasteiger partial charge in [0.25, 0.3) is 5.91 Å². The van der Waals surface area contributed by atoms with Crippen molar-refractivity contribution in [3.05, 3.63) is 24.2 Å². The van der Waals surface area contributed by atoms with Crippen molar-refractivity contribution < 1.29 is 14.0 Å². The summed E-state index contributed by atoms with van der Waals surface area (Å²) in [6, 6.07) is 3.27. The van der Waals surface area contributed by atoms with Gasteiger partial charge in [-0.3, -0.25) is 9.59 Å². The molecule has 110 valence electrons. The van der Waals surface area contributed by atoms with E-state index in [-0.39, 0.29) is 17.6 Å². The summed E-state index contributed by atoms with van der Waals surface area (Å²) >= 11 is 0. The Hall–Kier alpha value is -1.78. The van der Waals surface area contributed by atoms with Gasteiger partial charge in [0.05, 0.1) is 6.26 Å². The van der Waals surface area contributed by atoms with Crippen molar-refractivity contribution in [3.63, 3.8) is 0 Å². The van der Waals surface area contributed by atoms with Crippen LogP contribution < -0.4 is 5.32 Å². The van der Waals surface area contributed by atoms with E-state index >= 15 is 0 Å². The smallest absolute Gasteiger partial charge is 0.286 e. The van der Waals surface area contributed by atoms with Gasteiger partial charge in [-0.2, -0.15) is 0 Å². The summed E-state index contributed by atoms with van der Waals surface area (Å²) in [6.07, 6.45) is 2.97. The van der Waals surface area contributed by atoms with Gasteiger partial charge in [0, 0.05) is 26.1 Å². The molecule has 20 heavy (non-hydrogen) atoms. The molecule has 1 fully saturated rings. The van der Waals surface area contributed by atoms with E-state index in [4.69, 9.17) is 4.42 Å². The van der Waals surface area contributed by atoms with Crippen LogP contribution in [0.3, 0.4) is 0 Å². The van der Waals surface area contributed by atoms with Crippen LogP contribution >= 0.6 is 0 Å². The molecule has 2 heterocycles. The van der Waals surface area contributed by atoms with E-state index in [1.165, 1.54) is 12.7 Å². The molecule has 2 atom stereocenters. The molecule has 1 aliphatic rings. The lowest BCUT2D eigenvalue weighted by atomic mass is 9.92. The third-order valence-electron chi connectivity index (χ3n) is 3.59. The topological polar surface area (TPSA) is 62.6 Å². The van der Waals surface area contributed by atoms with Crippen LogP contribution in [0.25, 0.3) is 0 Å². The van der Waals surface area contributed by atoms with E-state index in [0.29, 0.717) is 24.8 Å². The Kier molecular flexibility index (Phi) is 4.82. The summed E-state index contributed by atoms with van der Waals surface area (Å²) in [7, 11) is 0. The largest absolute Gasteiger partial charge is 0.459 e. The van der Waals surface area contributed by atoms with Crippen LogP contribution in [0.1, 0.15) is 37.2 Å². The number of nitrogens with one attached hydrogen (secondary N) is 1. The number of hydrogen-bond donors (Lipinski definition) is 1. The van der Waals surface area contributed by atoms with Crippen LogP contribution in [-0.4, -0.2) is 36.3 Å². The van der Waals surface area contributed by atoms with Gasteiger partial charge in [-0.15, -0.1) is 0 Å². The molecular formula is C15H22N2O3.